The standard InChI is InChI=1S/C11H17.Ru/c1-8-5-9-7-11(4,6-8)10(9,2)3;/h5H,6-7H2,1-4H3;/q-1;+1/i5D;. The van der Waals surface area contributed by atoms with Crippen molar-refractivity contribution in [1.82, 2.24) is 0 Å². The molecule has 0 heterocycles. The maximum atomic E-state index is 7.91. The molecule has 3 aliphatic carbocycles. The van der Waals surface area contributed by atoms with Crippen molar-refractivity contribution in [3.8, 4) is 0 Å². The van der Waals surface area contributed by atoms with Gasteiger partial charge in [-0.1, -0.05) is 44.4 Å². The Balaban J connectivity index is 0.000000845. The van der Waals surface area contributed by atoms with E-state index < -0.39 is 0 Å². The minimum Gasteiger partial charge on any atom is -0.225 e. The van der Waals surface area contributed by atoms with Crippen LogP contribution in [0.4, 0.5) is 0 Å². The van der Waals surface area contributed by atoms with E-state index in [1.807, 2.05) is 0 Å². The van der Waals surface area contributed by atoms with Crippen LogP contribution in [-0.2, 0) is 19.5 Å². The van der Waals surface area contributed by atoms with Crippen molar-refractivity contribution in [3.05, 3.63) is 17.5 Å². The normalized spacial score (nSPS) is 38.3. The molecule has 3 rings (SSSR count). The van der Waals surface area contributed by atoms with Gasteiger partial charge in [-0.25, -0.2) is 17.5 Å². The van der Waals surface area contributed by atoms with Crippen LogP contribution in [0.2, 0.25) is 0 Å². The van der Waals surface area contributed by atoms with Gasteiger partial charge in [0.25, 0.3) is 0 Å². The Morgan fingerprint density at radius 1 is 1.50 bits per heavy atom. The molecule has 2 bridgehead atoms. The Labute approximate surface area is 90.0 Å². The number of fused-ring (bicyclic) bond motifs is 1. The molecule has 0 saturated heterocycles. The van der Waals surface area contributed by atoms with E-state index in [1.54, 1.807) is 0 Å². The van der Waals surface area contributed by atoms with Gasteiger partial charge in [0, 0.05) is 1.37 Å². The van der Waals surface area contributed by atoms with Crippen molar-refractivity contribution >= 4 is 0 Å². The summed E-state index contributed by atoms with van der Waals surface area (Å²) in [4.78, 5) is 0. The first-order chi connectivity index (χ1) is 5.38. The zero-order valence-corrected chi connectivity index (χ0v) is 10.0. The first-order valence-corrected chi connectivity index (χ1v) is 4.41. The molecule has 0 amide bonds. The Morgan fingerprint density at radius 2 is 2.08 bits per heavy atom. The predicted molar refractivity (Wildman–Crippen MR) is 48.1 cm³/mol. The number of hydrogen-bond donors (Lipinski definition) is 0. The number of hydrogen-bond acceptors (Lipinski definition) is 0. The monoisotopic (exact) mass is 252 g/mol. The zero-order valence-electron chi connectivity index (χ0n) is 9.27. The summed E-state index contributed by atoms with van der Waals surface area (Å²) in [5.41, 5.74) is 2.04. The second-order valence-corrected chi connectivity index (χ2v) is 4.92. The van der Waals surface area contributed by atoms with Gasteiger partial charge in [0.1, 0.15) is 0 Å². The van der Waals surface area contributed by atoms with Crippen molar-refractivity contribution in [1.29, 1.82) is 0 Å². The van der Waals surface area contributed by atoms with Crippen molar-refractivity contribution in [2.45, 2.75) is 40.5 Å². The van der Waals surface area contributed by atoms with E-state index in [-0.39, 0.29) is 19.5 Å². The minimum atomic E-state index is 0. The van der Waals surface area contributed by atoms with Crippen LogP contribution in [0.1, 0.15) is 41.9 Å². The van der Waals surface area contributed by atoms with E-state index in [9.17, 15) is 0 Å². The van der Waals surface area contributed by atoms with Crippen LogP contribution in [0, 0.1) is 16.7 Å². The average Bonchev–Trinajstić information content (AvgIpc) is 1.96. The van der Waals surface area contributed by atoms with Gasteiger partial charge in [-0.05, 0) is 0 Å². The Morgan fingerprint density at radius 3 is 2.50 bits per heavy atom. The van der Waals surface area contributed by atoms with Crippen molar-refractivity contribution in [2.24, 2.45) is 10.8 Å². The molecule has 69 valence electrons. The van der Waals surface area contributed by atoms with E-state index in [1.165, 1.54) is 11.5 Å². The van der Waals surface area contributed by atoms with Crippen molar-refractivity contribution in [2.75, 3.05) is 0 Å². The van der Waals surface area contributed by atoms with E-state index >= 15 is 0 Å². The first-order valence-electron chi connectivity index (χ1n) is 4.91. The molecule has 0 nitrogen and oxygen atoms in total. The minimum absolute atomic E-state index is 0. The van der Waals surface area contributed by atoms with Crippen LogP contribution >= 0.6 is 0 Å². The molecule has 1 fully saturated rings. The first kappa shape index (κ1) is 8.82. The van der Waals surface area contributed by atoms with E-state index in [0.717, 1.165) is 18.9 Å². The molecule has 3 aliphatic rings. The summed E-state index contributed by atoms with van der Waals surface area (Å²) in [5, 5.41) is 0. The molecule has 0 spiro atoms. The predicted octanol–water partition coefficient (Wildman–Crippen LogP) is 3.34. The smallest absolute Gasteiger partial charge is 0.225 e. The summed E-state index contributed by atoms with van der Waals surface area (Å²) in [6, 6.07) is 0.851. The maximum Gasteiger partial charge on any atom is 1.00 e. The summed E-state index contributed by atoms with van der Waals surface area (Å²) in [6.07, 6.45) is 2.29. The molecule has 1 radical (unpaired) electrons. The summed E-state index contributed by atoms with van der Waals surface area (Å²) in [6.45, 7) is 9.03. The third-order valence-corrected chi connectivity index (χ3v) is 3.85. The fourth-order valence-electron chi connectivity index (χ4n) is 2.46. The Hall–Kier alpha value is 0.233. The van der Waals surface area contributed by atoms with Crippen LogP contribution in [-0.4, -0.2) is 0 Å². The average molecular weight is 251 g/mol. The maximum absolute atomic E-state index is 7.91. The fraction of sp³-hybridized carbons (Fsp3) is 0.727. The van der Waals surface area contributed by atoms with Crippen LogP contribution in [0.5, 0.6) is 0 Å². The van der Waals surface area contributed by atoms with Gasteiger partial charge in [0.2, 0.25) is 0 Å². The van der Waals surface area contributed by atoms with E-state index in [4.69, 9.17) is 1.37 Å². The quantitative estimate of drug-likeness (QED) is 0.457. The SMILES string of the molecule is [2H]C1=C(C)CC2(C)C[C-]1C2(C)C.[Ru+]. The van der Waals surface area contributed by atoms with Gasteiger partial charge in [-0.2, -0.15) is 0 Å². The second kappa shape index (κ2) is 2.61. The van der Waals surface area contributed by atoms with Gasteiger partial charge in [0.15, 0.2) is 0 Å². The summed E-state index contributed by atoms with van der Waals surface area (Å²) < 4.78 is 7.91. The summed E-state index contributed by atoms with van der Waals surface area (Å²) in [5.74, 6) is 1.38. The fourth-order valence-corrected chi connectivity index (χ4v) is 2.46. The number of rotatable bonds is 0. The zero-order chi connectivity index (χ0) is 9.15. The van der Waals surface area contributed by atoms with Gasteiger partial charge >= 0.3 is 19.5 Å². The van der Waals surface area contributed by atoms with Gasteiger partial charge < -0.3 is 0 Å². The van der Waals surface area contributed by atoms with E-state index in [0.29, 0.717) is 10.8 Å². The molecule has 1 unspecified atom stereocenters. The molecule has 1 saturated carbocycles. The molecule has 0 aromatic heterocycles. The molecule has 0 aliphatic heterocycles. The molecule has 0 aromatic carbocycles. The van der Waals surface area contributed by atoms with Gasteiger partial charge in [-0.3, -0.25) is 0 Å². The van der Waals surface area contributed by atoms with Crippen molar-refractivity contribution in [3.63, 3.8) is 0 Å². The molecule has 12 heavy (non-hydrogen) atoms. The van der Waals surface area contributed by atoms with Crippen LogP contribution in [0.25, 0.3) is 0 Å². The molecule has 0 N–H and O–H groups in total. The summed E-state index contributed by atoms with van der Waals surface area (Å²) >= 11 is 0. The van der Waals surface area contributed by atoms with Crippen LogP contribution < -0.4 is 0 Å². The van der Waals surface area contributed by atoms with Crippen LogP contribution in [0.3, 0.4) is 0 Å². The number of allylic oxidation sites excluding steroid dienone is 2. The second-order valence-electron chi connectivity index (χ2n) is 4.92. The van der Waals surface area contributed by atoms with Crippen LogP contribution in [0.15, 0.2) is 11.6 Å². The summed E-state index contributed by atoms with van der Waals surface area (Å²) in [7, 11) is 0. The molecular weight excluding hydrogens is 233 g/mol. The molecule has 0 aromatic rings. The Kier molecular flexibility index (Phi) is 1.92. The molecular formula is C11H17Ru. The Bertz CT molecular complexity index is 265. The third kappa shape index (κ3) is 1.02. The third-order valence-electron chi connectivity index (χ3n) is 3.85. The largest absolute Gasteiger partial charge is 1.00 e. The van der Waals surface area contributed by atoms with Crippen molar-refractivity contribution < 1.29 is 20.8 Å². The van der Waals surface area contributed by atoms with Gasteiger partial charge in [-0.15, -0.1) is 6.92 Å². The topological polar surface area (TPSA) is 0 Å². The van der Waals surface area contributed by atoms with Gasteiger partial charge in [0.05, 0.1) is 0 Å². The van der Waals surface area contributed by atoms with E-state index in [2.05, 4.69) is 27.7 Å². The molecule has 1 heteroatoms. The molecule has 1 atom stereocenters.